The number of benzene rings is 1. The minimum atomic E-state index is -0.313. The summed E-state index contributed by atoms with van der Waals surface area (Å²) in [6, 6.07) is 8.59. The van der Waals surface area contributed by atoms with Gasteiger partial charge in [0.15, 0.2) is 0 Å². The molecule has 1 amide bonds. The molecule has 0 spiro atoms. The Morgan fingerprint density at radius 1 is 1.38 bits per heavy atom. The van der Waals surface area contributed by atoms with E-state index < -0.39 is 0 Å². The van der Waals surface area contributed by atoms with Gasteiger partial charge in [0.25, 0.3) is 5.91 Å². The summed E-state index contributed by atoms with van der Waals surface area (Å²) >= 11 is 5.75. The molecule has 1 aromatic heterocycles. The number of rotatable bonds is 2. The molecule has 0 aliphatic carbocycles. The Hall–Kier alpha value is -2.35. The highest BCUT2D eigenvalue weighted by molar-refractivity contribution is 6.30. The van der Waals surface area contributed by atoms with Crippen molar-refractivity contribution in [1.29, 1.82) is 0 Å². The van der Waals surface area contributed by atoms with Crippen molar-refractivity contribution >= 4 is 23.3 Å². The van der Waals surface area contributed by atoms with E-state index in [0.29, 0.717) is 22.0 Å². The van der Waals surface area contributed by atoms with Crippen molar-refractivity contribution in [2.45, 2.75) is 6.92 Å². The number of carbonyl (C=O) groups is 1. The largest absolute Gasteiger partial charge is 0.384 e. The summed E-state index contributed by atoms with van der Waals surface area (Å²) in [7, 11) is 0. The van der Waals surface area contributed by atoms with Crippen LogP contribution < -0.4 is 5.32 Å². The van der Waals surface area contributed by atoms with E-state index in [9.17, 15) is 4.79 Å². The van der Waals surface area contributed by atoms with E-state index >= 15 is 0 Å². The number of amides is 1. The fourth-order valence-electron chi connectivity index (χ4n) is 1.73. The number of pyridine rings is 1. The summed E-state index contributed by atoms with van der Waals surface area (Å²) in [5.41, 5.74) is 1.98. The van der Waals surface area contributed by atoms with Crippen LogP contribution in [0.5, 0.6) is 0 Å². The number of aliphatic hydroxyl groups is 1. The van der Waals surface area contributed by atoms with E-state index in [2.05, 4.69) is 22.1 Å². The van der Waals surface area contributed by atoms with E-state index in [-0.39, 0.29) is 12.5 Å². The highest BCUT2D eigenvalue weighted by atomic mass is 35.5. The summed E-state index contributed by atoms with van der Waals surface area (Å²) in [5.74, 6) is 5.42. The van der Waals surface area contributed by atoms with E-state index in [1.807, 2.05) is 13.0 Å². The van der Waals surface area contributed by atoms with Crippen LogP contribution in [0.2, 0.25) is 5.02 Å². The van der Waals surface area contributed by atoms with Gasteiger partial charge in [-0.05, 0) is 36.8 Å². The number of anilines is 1. The molecule has 2 rings (SSSR count). The zero-order valence-electron chi connectivity index (χ0n) is 11.4. The molecule has 0 aliphatic heterocycles. The molecule has 0 atom stereocenters. The third-order valence-corrected chi connectivity index (χ3v) is 2.91. The predicted molar refractivity (Wildman–Crippen MR) is 82.3 cm³/mol. The van der Waals surface area contributed by atoms with E-state index in [1.54, 1.807) is 24.3 Å². The Morgan fingerprint density at radius 3 is 2.86 bits per heavy atom. The third-order valence-electron chi connectivity index (χ3n) is 2.69. The zero-order chi connectivity index (χ0) is 15.2. The van der Waals surface area contributed by atoms with Gasteiger partial charge in [-0.25, -0.2) is 4.98 Å². The summed E-state index contributed by atoms with van der Waals surface area (Å²) in [6.45, 7) is 1.65. The third kappa shape index (κ3) is 4.06. The van der Waals surface area contributed by atoms with Gasteiger partial charge in [0.1, 0.15) is 12.4 Å². The molecule has 1 aromatic carbocycles. The topological polar surface area (TPSA) is 62.2 Å². The predicted octanol–water partition coefficient (Wildman–Crippen LogP) is 2.64. The van der Waals surface area contributed by atoms with Gasteiger partial charge in [0.2, 0.25) is 0 Å². The van der Waals surface area contributed by atoms with Crippen molar-refractivity contribution in [3.63, 3.8) is 0 Å². The van der Waals surface area contributed by atoms with Crippen LogP contribution in [0.3, 0.4) is 0 Å². The molecule has 0 fully saturated rings. The molecule has 0 aliphatic rings. The quantitative estimate of drug-likeness (QED) is 0.838. The summed E-state index contributed by atoms with van der Waals surface area (Å²) in [5, 5.41) is 12.0. The Morgan fingerprint density at radius 2 is 2.19 bits per heavy atom. The van der Waals surface area contributed by atoms with Crippen molar-refractivity contribution < 1.29 is 9.90 Å². The number of nitrogens with one attached hydrogen (secondary N) is 1. The molecule has 0 saturated carbocycles. The number of nitrogens with zero attached hydrogens (tertiary/aromatic N) is 1. The molecule has 4 nitrogen and oxygen atoms in total. The van der Waals surface area contributed by atoms with Crippen LogP contribution in [-0.2, 0) is 0 Å². The van der Waals surface area contributed by atoms with Crippen LogP contribution in [0.25, 0.3) is 0 Å². The lowest BCUT2D eigenvalue weighted by Gasteiger charge is -2.07. The number of carbonyl (C=O) groups excluding carboxylic acids is 1. The van der Waals surface area contributed by atoms with Crippen molar-refractivity contribution in [1.82, 2.24) is 4.98 Å². The van der Waals surface area contributed by atoms with E-state index in [4.69, 9.17) is 16.7 Å². The lowest BCUT2D eigenvalue weighted by Crippen LogP contribution is -2.14. The highest BCUT2D eigenvalue weighted by Crippen LogP contribution is 2.14. The van der Waals surface area contributed by atoms with Crippen molar-refractivity contribution in [3.05, 3.63) is 58.2 Å². The summed E-state index contributed by atoms with van der Waals surface area (Å²) in [4.78, 5) is 16.3. The van der Waals surface area contributed by atoms with Gasteiger partial charge in [-0.1, -0.05) is 29.5 Å². The molecule has 0 saturated heterocycles. The smallest absolute Gasteiger partial charge is 0.258 e. The van der Waals surface area contributed by atoms with Crippen LogP contribution in [0.4, 0.5) is 5.82 Å². The number of aryl methyl sites for hydroxylation is 1. The lowest BCUT2D eigenvalue weighted by atomic mass is 10.0. The molecule has 21 heavy (non-hydrogen) atoms. The Labute approximate surface area is 127 Å². The van der Waals surface area contributed by atoms with Crippen LogP contribution in [-0.4, -0.2) is 22.6 Å². The first kappa shape index (κ1) is 15.0. The standard InChI is InChI=1S/C16H13ClN2O2/c1-11-4-6-14(12(9-11)3-2-8-20)16(21)19-15-7-5-13(17)10-18-15/h4-7,9-10,20H,8H2,1H3,(H,18,19,21). The average Bonchev–Trinajstić information content (AvgIpc) is 2.47. The van der Waals surface area contributed by atoms with Gasteiger partial charge >= 0.3 is 0 Å². The van der Waals surface area contributed by atoms with Crippen LogP contribution >= 0.6 is 11.6 Å². The average molecular weight is 301 g/mol. The SMILES string of the molecule is Cc1ccc(C(=O)Nc2ccc(Cl)cn2)c(C#CCO)c1. The van der Waals surface area contributed by atoms with Crippen LogP contribution in [0.1, 0.15) is 21.5 Å². The molecule has 0 bridgehead atoms. The first-order chi connectivity index (χ1) is 10.1. The normalized spacial score (nSPS) is 9.67. The summed E-state index contributed by atoms with van der Waals surface area (Å²) < 4.78 is 0. The second-order valence-electron chi connectivity index (χ2n) is 4.32. The first-order valence-corrected chi connectivity index (χ1v) is 6.61. The zero-order valence-corrected chi connectivity index (χ0v) is 12.1. The van der Waals surface area contributed by atoms with Gasteiger partial charge in [0.05, 0.1) is 10.6 Å². The number of hydrogen-bond donors (Lipinski definition) is 2. The lowest BCUT2D eigenvalue weighted by molar-refractivity contribution is 0.102. The molecular weight excluding hydrogens is 288 g/mol. The number of halogens is 1. The van der Waals surface area contributed by atoms with Gasteiger partial charge < -0.3 is 10.4 Å². The van der Waals surface area contributed by atoms with Crippen molar-refractivity contribution in [3.8, 4) is 11.8 Å². The van der Waals surface area contributed by atoms with Gasteiger partial charge in [-0.15, -0.1) is 0 Å². The Balaban J connectivity index is 2.28. The molecule has 5 heteroatoms. The first-order valence-electron chi connectivity index (χ1n) is 6.23. The molecule has 2 aromatic rings. The molecule has 0 radical (unpaired) electrons. The monoisotopic (exact) mass is 300 g/mol. The number of hydrogen-bond acceptors (Lipinski definition) is 3. The van der Waals surface area contributed by atoms with Crippen molar-refractivity contribution in [2.24, 2.45) is 0 Å². The van der Waals surface area contributed by atoms with Gasteiger partial charge in [-0.2, -0.15) is 0 Å². The number of aromatic nitrogens is 1. The Kier molecular flexibility index (Phi) is 4.94. The maximum absolute atomic E-state index is 12.3. The minimum absolute atomic E-state index is 0.256. The second-order valence-corrected chi connectivity index (χ2v) is 4.76. The van der Waals surface area contributed by atoms with E-state index in [0.717, 1.165) is 5.56 Å². The highest BCUT2D eigenvalue weighted by Gasteiger charge is 2.11. The molecule has 1 heterocycles. The van der Waals surface area contributed by atoms with E-state index in [1.165, 1.54) is 6.20 Å². The fourth-order valence-corrected chi connectivity index (χ4v) is 1.84. The molecule has 106 valence electrons. The summed E-state index contributed by atoms with van der Waals surface area (Å²) in [6.07, 6.45) is 1.46. The molecule has 0 unspecified atom stereocenters. The van der Waals surface area contributed by atoms with Crippen LogP contribution in [0, 0.1) is 18.8 Å². The van der Waals surface area contributed by atoms with Gasteiger partial charge in [0, 0.05) is 11.8 Å². The molecule has 2 N–H and O–H groups in total. The van der Waals surface area contributed by atoms with Gasteiger partial charge in [-0.3, -0.25) is 4.79 Å². The fraction of sp³-hybridized carbons (Fsp3) is 0.125. The minimum Gasteiger partial charge on any atom is -0.384 e. The van der Waals surface area contributed by atoms with Crippen LogP contribution in [0.15, 0.2) is 36.5 Å². The number of aliphatic hydroxyl groups excluding tert-OH is 1. The maximum atomic E-state index is 12.3. The second kappa shape index (κ2) is 6.89. The maximum Gasteiger partial charge on any atom is 0.258 e. The Bertz CT molecular complexity index is 715. The van der Waals surface area contributed by atoms with Crippen molar-refractivity contribution in [2.75, 3.05) is 11.9 Å². The molecular formula is C16H13ClN2O2.